The summed E-state index contributed by atoms with van der Waals surface area (Å²) >= 11 is 0. The van der Waals surface area contributed by atoms with E-state index in [1.165, 1.54) is 15.9 Å². The minimum absolute atomic E-state index is 0.535. The lowest BCUT2D eigenvalue weighted by atomic mass is 10.2. The van der Waals surface area contributed by atoms with Crippen molar-refractivity contribution in [3.63, 3.8) is 0 Å². The van der Waals surface area contributed by atoms with E-state index in [1.54, 1.807) is 10.4 Å². The average Bonchev–Trinajstić information content (AvgIpc) is 2.69. The molecule has 0 saturated carbocycles. The molecule has 0 amide bonds. The Bertz CT molecular complexity index is 858. The molecule has 1 N–H and O–H groups in total. The summed E-state index contributed by atoms with van der Waals surface area (Å²) in [6.45, 7) is 6.13. The van der Waals surface area contributed by atoms with Crippen molar-refractivity contribution < 1.29 is 18.1 Å². The first-order chi connectivity index (χ1) is 13.1. The average molecular weight is 388 g/mol. The fourth-order valence-corrected chi connectivity index (χ4v) is 4.46. The van der Waals surface area contributed by atoms with Gasteiger partial charge < -0.3 is 9.64 Å². The van der Waals surface area contributed by atoms with E-state index in [1.807, 2.05) is 55.5 Å². The zero-order valence-electron chi connectivity index (χ0n) is 15.7. The van der Waals surface area contributed by atoms with Gasteiger partial charge in [-0.05, 0) is 30.7 Å². The van der Waals surface area contributed by atoms with E-state index >= 15 is 0 Å². The Morgan fingerprint density at radius 2 is 1.70 bits per heavy atom. The molecular formula is C21H27N2O3S+. The van der Waals surface area contributed by atoms with E-state index in [4.69, 9.17) is 4.74 Å². The molecule has 0 spiro atoms. The first-order valence-electron chi connectivity index (χ1n) is 9.36. The number of benzene rings is 2. The van der Waals surface area contributed by atoms with Gasteiger partial charge in [-0.15, -0.1) is 0 Å². The summed E-state index contributed by atoms with van der Waals surface area (Å²) in [5.74, 6) is 0.924. The minimum atomic E-state index is -3.38. The Morgan fingerprint density at radius 1 is 1.04 bits per heavy atom. The van der Waals surface area contributed by atoms with Crippen LogP contribution in [0.4, 0.5) is 0 Å². The second-order valence-electron chi connectivity index (χ2n) is 6.62. The first-order valence-corrected chi connectivity index (χ1v) is 10.9. The maximum atomic E-state index is 12.6. The molecule has 1 saturated heterocycles. The Morgan fingerprint density at radius 3 is 2.41 bits per heavy atom. The van der Waals surface area contributed by atoms with E-state index in [9.17, 15) is 8.42 Å². The van der Waals surface area contributed by atoms with Gasteiger partial charge in [0.25, 0.3) is 0 Å². The third-order valence-corrected chi connectivity index (χ3v) is 6.30. The lowest BCUT2D eigenvalue weighted by Gasteiger charge is -2.31. The molecule has 0 aromatic heterocycles. The first kappa shape index (κ1) is 19.6. The highest BCUT2D eigenvalue weighted by molar-refractivity contribution is 7.92. The van der Waals surface area contributed by atoms with E-state index in [-0.39, 0.29) is 0 Å². The van der Waals surface area contributed by atoms with Crippen molar-refractivity contribution in [3.05, 3.63) is 71.1 Å². The van der Waals surface area contributed by atoms with Crippen LogP contribution in [0.5, 0.6) is 5.75 Å². The molecule has 2 aromatic rings. The number of nitrogens with zero attached hydrogens (tertiary/aromatic N) is 1. The maximum Gasteiger partial charge on any atom is 0.236 e. The lowest BCUT2D eigenvalue weighted by molar-refractivity contribution is -0.917. The Kier molecular flexibility index (Phi) is 6.66. The zero-order valence-corrected chi connectivity index (χ0v) is 16.5. The molecule has 3 rings (SSSR count). The summed E-state index contributed by atoms with van der Waals surface area (Å²) in [4.78, 5) is 1.38. The molecule has 0 radical (unpaired) electrons. The van der Waals surface area contributed by atoms with Gasteiger partial charge in [-0.1, -0.05) is 42.5 Å². The highest BCUT2D eigenvalue weighted by atomic mass is 32.2. The van der Waals surface area contributed by atoms with E-state index in [2.05, 4.69) is 6.07 Å². The molecule has 0 atom stereocenters. The van der Waals surface area contributed by atoms with Gasteiger partial charge in [0.15, 0.2) is 0 Å². The van der Waals surface area contributed by atoms with Gasteiger partial charge in [-0.25, -0.2) is 8.42 Å². The van der Waals surface area contributed by atoms with Gasteiger partial charge in [-0.2, -0.15) is 4.31 Å². The molecular weight excluding hydrogens is 360 g/mol. The lowest BCUT2D eigenvalue weighted by Crippen LogP contribution is -3.13. The van der Waals surface area contributed by atoms with Gasteiger partial charge in [0.2, 0.25) is 10.0 Å². The second-order valence-corrected chi connectivity index (χ2v) is 8.44. The van der Waals surface area contributed by atoms with Gasteiger partial charge in [0.05, 0.1) is 32.8 Å². The summed E-state index contributed by atoms with van der Waals surface area (Å²) < 4.78 is 32.4. The van der Waals surface area contributed by atoms with Crippen molar-refractivity contribution in [2.24, 2.45) is 0 Å². The van der Waals surface area contributed by atoms with Gasteiger partial charge in [0.1, 0.15) is 12.3 Å². The number of hydrogen-bond acceptors (Lipinski definition) is 3. The number of para-hydroxylation sites is 1. The van der Waals surface area contributed by atoms with Gasteiger partial charge in [0, 0.05) is 11.0 Å². The summed E-state index contributed by atoms with van der Waals surface area (Å²) in [5.41, 5.74) is 2.06. The third kappa shape index (κ3) is 5.42. The molecule has 2 aromatic carbocycles. The number of nitrogens with one attached hydrogen (secondary N) is 1. The van der Waals surface area contributed by atoms with Crippen molar-refractivity contribution in [2.75, 3.05) is 32.8 Å². The minimum Gasteiger partial charge on any atom is -0.493 e. The standard InChI is InChI=1S/C21H26N2O3S/c1-2-26-21-11-7-6-10-20(21)18-22-13-15-23(16-14-22)27(24,25)17-12-19-8-4-3-5-9-19/h3-12,17H,2,13-16,18H2,1H3/p+1/b17-12+. The van der Waals surface area contributed by atoms with Crippen LogP contribution in [0.1, 0.15) is 18.1 Å². The largest absolute Gasteiger partial charge is 0.493 e. The molecule has 0 aliphatic carbocycles. The van der Waals surface area contributed by atoms with Crippen LogP contribution in [0.2, 0.25) is 0 Å². The topological polar surface area (TPSA) is 51.1 Å². The molecule has 5 nitrogen and oxygen atoms in total. The van der Waals surface area contributed by atoms with Crippen molar-refractivity contribution >= 4 is 16.1 Å². The predicted molar refractivity (Wildman–Crippen MR) is 108 cm³/mol. The molecule has 6 heteroatoms. The second kappa shape index (κ2) is 9.17. The van der Waals surface area contributed by atoms with Gasteiger partial charge >= 0.3 is 0 Å². The zero-order chi connectivity index (χ0) is 19.1. The number of rotatable bonds is 7. The van der Waals surface area contributed by atoms with Crippen LogP contribution < -0.4 is 9.64 Å². The molecule has 0 bridgehead atoms. The smallest absolute Gasteiger partial charge is 0.236 e. The van der Waals surface area contributed by atoms with Crippen molar-refractivity contribution in [3.8, 4) is 5.75 Å². The molecule has 0 unspecified atom stereocenters. The Labute approximate surface area is 161 Å². The van der Waals surface area contributed by atoms with Crippen LogP contribution in [0.25, 0.3) is 6.08 Å². The number of ether oxygens (including phenoxy) is 1. The van der Waals surface area contributed by atoms with E-state index in [0.717, 1.165) is 30.9 Å². The quantitative estimate of drug-likeness (QED) is 0.788. The normalized spacial score (nSPS) is 16.6. The summed E-state index contributed by atoms with van der Waals surface area (Å²) in [7, 11) is -3.38. The number of hydrogen-bond donors (Lipinski definition) is 1. The molecule has 144 valence electrons. The monoisotopic (exact) mass is 387 g/mol. The Balaban J connectivity index is 1.58. The number of sulfonamides is 1. The predicted octanol–water partition coefficient (Wildman–Crippen LogP) is 1.79. The van der Waals surface area contributed by atoms with Crippen molar-refractivity contribution in [1.29, 1.82) is 0 Å². The molecule has 1 fully saturated rings. The molecule has 1 aliphatic rings. The highest BCUT2D eigenvalue weighted by Crippen LogP contribution is 2.17. The summed E-state index contributed by atoms with van der Waals surface area (Å²) in [6, 6.07) is 17.6. The number of quaternary nitrogens is 1. The molecule has 27 heavy (non-hydrogen) atoms. The molecule has 1 aliphatic heterocycles. The Hall–Kier alpha value is -2.15. The fraction of sp³-hybridized carbons (Fsp3) is 0.333. The van der Waals surface area contributed by atoms with Crippen LogP contribution >= 0.6 is 0 Å². The van der Waals surface area contributed by atoms with Crippen molar-refractivity contribution in [1.82, 2.24) is 4.31 Å². The van der Waals surface area contributed by atoms with Crippen LogP contribution in [0.15, 0.2) is 60.0 Å². The summed E-state index contributed by atoms with van der Waals surface area (Å²) in [6.07, 6.45) is 1.66. The SMILES string of the molecule is CCOc1ccccc1C[NH+]1CCN(S(=O)(=O)/C=C/c2ccccc2)CC1. The molecule has 1 heterocycles. The van der Waals surface area contributed by atoms with Gasteiger partial charge in [-0.3, -0.25) is 0 Å². The highest BCUT2D eigenvalue weighted by Gasteiger charge is 2.27. The van der Waals surface area contributed by atoms with Crippen molar-refractivity contribution in [2.45, 2.75) is 13.5 Å². The van der Waals surface area contributed by atoms with Crippen LogP contribution in [0.3, 0.4) is 0 Å². The van der Waals surface area contributed by atoms with E-state index < -0.39 is 10.0 Å². The fourth-order valence-electron chi connectivity index (χ4n) is 3.26. The maximum absolute atomic E-state index is 12.6. The van der Waals surface area contributed by atoms with Crippen LogP contribution in [0, 0.1) is 0 Å². The van der Waals surface area contributed by atoms with Crippen LogP contribution in [-0.2, 0) is 16.6 Å². The third-order valence-electron chi connectivity index (χ3n) is 4.73. The summed E-state index contributed by atoms with van der Waals surface area (Å²) in [5, 5.41) is 1.32. The number of piperazine rings is 1. The van der Waals surface area contributed by atoms with Crippen LogP contribution in [-0.4, -0.2) is 45.5 Å². The van der Waals surface area contributed by atoms with E-state index in [0.29, 0.717) is 19.7 Å².